The number of anilines is 1. The maximum absolute atomic E-state index is 12.8. The number of H-pyrrole nitrogens is 1. The fraction of sp³-hybridized carbons (Fsp3) is 0.385. The number of likely N-dealkylation sites (tertiary alicyclic amines) is 1. The van der Waals surface area contributed by atoms with Crippen LogP contribution in [0.15, 0.2) is 60.7 Å². The average Bonchev–Trinajstić information content (AvgIpc) is 3.25. The summed E-state index contributed by atoms with van der Waals surface area (Å²) in [5.74, 6) is 1.90. The van der Waals surface area contributed by atoms with E-state index in [1.165, 1.54) is 25.8 Å². The Morgan fingerprint density at radius 2 is 1.84 bits per heavy atom. The summed E-state index contributed by atoms with van der Waals surface area (Å²) in [7, 11) is 0. The maximum atomic E-state index is 12.8. The minimum Gasteiger partial charge on any atom is -0.338 e. The number of rotatable bonds is 5. The number of allylic oxidation sites excluding steroid dienone is 2. The Hall–Kier alpha value is -2.92. The second-order valence-electron chi connectivity index (χ2n) is 8.89. The van der Waals surface area contributed by atoms with Gasteiger partial charge in [0.15, 0.2) is 0 Å². The summed E-state index contributed by atoms with van der Waals surface area (Å²) < 4.78 is 0. The van der Waals surface area contributed by atoms with Crippen LogP contribution in [-0.2, 0) is 4.79 Å². The Kier molecular flexibility index (Phi) is 5.85. The van der Waals surface area contributed by atoms with Crippen molar-refractivity contribution in [2.75, 3.05) is 25.0 Å². The van der Waals surface area contributed by atoms with Crippen molar-refractivity contribution in [3.05, 3.63) is 60.7 Å². The zero-order valence-electron chi connectivity index (χ0n) is 17.9. The zero-order chi connectivity index (χ0) is 21.0. The summed E-state index contributed by atoms with van der Waals surface area (Å²) >= 11 is 0. The van der Waals surface area contributed by atoms with E-state index in [0.29, 0.717) is 0 Å². The van der Waals surface area contributed by atoms with Crippen molar-refractivity contribution in [1.82, 2.24) is 14.9 Å². The third-order valence-electron chi connectivity index (χ3n) is 6.67. The number of fused-ring (bicyclic) bond motifs is 1. The summed E-state index contributed by atoms with van der Waals surface area (Å²) in [6, 6.07) is 16.0. The first-order valence-corrected chi connectivity index (χ1v) is 11.5. The van der Waals surface area contributed by atoms with Gasteiger partial charge in [-0.2, -0.15) is 0 Å². The average molecular weight is 415 g/mol. The molecule has 2 aromatic carbocycles. The smallest absolute Gasteiger partial charge is 0.227 e. The highest BCUT2D eigenvalue weighted by atomic mass is 16.1. The molecule has 5 heteroatoms. The van der Waals surface area contributed by atoms with Gasteiger partial charge in [0.2, 0.25) is 5.91 Å². The first-order chi connectivity index (χ1) is 15.2. The number of amides is 1. The lowest BCUT2D eigenvalue weighted by molar-refractivity contribution is -0.121. The van der Waals surface area contributed by atoms with E-state index in [4.69, 9.17) is 0 Å². The van der Waals surface area contributed by atoms with Crippen molar-refractivity contribution < 1.29 is 4.79 Å². The number of carbonyl (C=O) groups excluding carboxylic acids is 1. The number of aromatic amines is 1. The van der Waals surface area contributed by atoms with Crippen molar-refractivity contribution in [2.24, 2.45) is 11.8 Å². The van der Waals surface area contributed by atoms with Gasteiger partial charge in [0.25, 0.3) is 0 Å². The number of benzene rings is 2. The molecular weight excluding hydrogens is 384 g/mol. The number of hydrogen-bond donors (Lipinski definition) is 2. The third kappa shape index (κ3) is 4.72. The molecule has 0 spiro atoms. The molecule has 0 saturated carbocycles. The first-order valence-electron chi connectivity index (χ1n) is 11.5. The molecular formula is C26H30N4O. The van der Waals surface area contributed by atoms with E-state index in [1.54, 1.807) is 0 Å². The molecule has 1 aliphatic carbocycles. The summed E-state index contributed by atoms with van der Waals surface area (Å²) in [5.41, 5.74) is 3.85. The molecule has 31 heavy (non-hydrogen) atoms. The van der Waals surface area contributed by atoms with Gasteiger partial charge in [0.1, 0.15) is 5.82 Å². The van der Waals surface area contributed by atoms with E-state index >= 15 is 0 Å². The number of carbonyl (C=O) groups is 1. The van der Waals surface area contributed by atoms with Gasteiger partial charge >= 0.3 is 0 Å². The molecule has 3 aromatic rings. The molecule has 1 saturated heterocycles. The molecule has 5 rings (SSSR count). The Labute approximate surface area is 183 Å². The monoisotopic (exact) mass is 414 g/mol. The molecule has 1 unspecified atom stereocenters. The normalized spacial score (nSPS) is 20.2. The van der Waals surface area contributed by atoms with Gasteiger partial charge in [-0.25, -0.2) is 4.98 Å². The molecule has 2 heterocycles. The Balaban J connectivity index is 1.14. The van der Waals surface area contributed by atoms with Crippen LogP contribution in [0.1, 0.15) is 32.1 Å². The van der Waals surface area contributed by atoms with Crippen LogP contribution in [0.5, 0.6) is 0 Å². The van der Waals surface area contributed by atoms with Crippen molar-refractivity contribution >= 4 is 22.6 Å². The highest BCUT2D eigenvalue weighted by Crippen LogP contribution is 2.25. The largest absolute Gasteiger partial charge is 0.338 e. The Bertz CT molecular complexity index is 1030. The Morgan fingerprint density at radius 1 is 1.03 bits per heavy atom. The molecule has 2 N–H and O–H groups in total. The lowest BCUT2D eigenvalue weighted by atomic mass is 9.91. The lowest BCUT2D eigenvalue weighted by Crippen LogP contribution is -2.40. The van der Waals surface area contributed by atoms with Crippen molar-refractivity contribution in [3.63, 3.8) is 0 Å². The quantitative estimate of drug-likeness (QED) is 0.562. The van der Waals surface area contributed by atoms with Crippen LogP contribution in [0.2, 0.25) is 0 Å². The number of piperidine rings is 1. The van der Waals surface area contributed by atoms with Crippen molar-refractivity contribution in [3.8, 4) is 11.4 Å². The topological polar surface area (TPSA) is 61.0 Å². The highest BCUT2D eigenvalue weighted by Gasteiger charge is 2.26. The summed E-state index contributed by atoms with van der Waals surface area (Å²) in [6.45, 7) is 3.24. The summed E-state index contributed by atoms with van der Waals surface area (Å²) in [4.78, 5) is 23.3. The molecule has 1 amide bonds. The number of para-hydroxylation sites is 2. The van der Waals surface area contributed by atoms with Crippen molar-refractivity contribution in [1.29, 1.82) is 0 Å². The van der Waals surface area contributed by atoms with Crippen LogP contribution in [-0.4, -0.2) is 40.4 Å². The maximum Gasteiger partial charge on any atom is 0.227 e. The summed E-state index contributed by atoms with van der Waals surface area (Å²) in [5, 5.41) is 3.12. The van der Waals surface area contributed by atoms with Crippen molar-refractivity contribution in [2.45, 2.75) is 32.1 Å². The second-order valence-corrected chi connectivity index (χ2v) is 8.89. The molecule has 1 aliphatic heterocycles. The predicted octanol–water partition coefficient (Wildman–Crippen LogP) is 5.24. The summed E-state index contributed by atoms with van der Waals surface area (Å²) in [6.07, 6.45) is 10.3. The van der Waals surface area contributed by atoms with Crippen LogP contribution < -0.4 is 5.32 Å². The van der Waals surface area contributed by atoms with E-state index in [0.717, 1.165) is 60.0 Å². The first kappa shape index (κ1) is 20.0. The minimum atomic E-state index is 0.109. The fourth-order valence-corrected chi connectivity index (χ4v) is 4.81. The highest BCUT2D eigenvalue weighted by molar-refractivity contribution is 5.93. The van der Waals surface area contributed by atoms with Gasteiger partial charge in [0, 0.05) is 23.7 Å². The predicted molar refractivity (Wildman–Crippen MR) is 126 cm³/mol. The molecule has 160 valence electrons. The lowest BCUT2D eigenvalue weighted by Gasteiger charge is -2.34. The fourth-order valence-electron chi connectivity index (χ4n) is 4.81. The number of nitrogens with zero attached hydrogens (tertiary/aromatic N) is 2. The van der Waals surface area contributed by atoms with Crippen LogP contribution in [0, 0.1) is 11.8 Å². The molecule has 5 nitrogen and oxygen atoms in total. The van der Waals surface area contributed by atoms with Gasteiger partial charge in [0.05, 0.1) is 11.0 Å². The van der Waals surface area contributed by atoms with E-state index < -0.39 is 0 Å². The van der Waals surface area contributed by atoms with Crippen LogP contribution in [0.3, 0.4) is 0 Å². The number of aromatic nitrogens is 2. The SMILES string of the molecule is O=C(Nc1ccc(-c2nc3ccccc3[nH]2)cc1)C1CCN(CC2CC=CCC2)CC1. The van der Waals surface area contributed by atoms with Crippen LogP contribution >= 0.6 is 0 Å². The van der Waals surface area contributed by atoms with E-state index in [1.807, 2.05) is 48.5 Å². The molecule has 0 radical (unpaired) electrons. The third-order valence-corrected chi connectivity index (χ3v) is 6.67. The number of imidazole rings is 1. The standard InChI is InChI=1S/C26H30N4O/c31-26(21-14-16-30(17-15-21)18-19-6-2-1-3-7-19)27-22-12-10-20(11-13-22)25-28-23-8-4-5-9-24(23)29-25/h1-2,4-5,8-13,19,21H,3,6-7,14-18H2,(H,27,31)(H,28,29). The van der Waals surface area contributed by atoms with E-state index in [9.17, 15) is 4.79 Å². The van der Waals surface area contributed by atoms with E-state index in [-0.39, 0.29) is 11.8 Å². The van der Waals surface area contributed by atoms with Crippen LogP contribution in [0.4, 0.5) is 5.69 Å². The zero-order valence-corrected chi connectivity index (χ0v) is 17.9. The Morgan fingerprint density at radius 3 is 2.58 bits per heavy atom. The van der Waals surface area contributed by atoms with Crippen LogP contribution in [0.25, 0.3) is 22.4 Å². The van der Waals surface area contributed by atoms with Gasteiger partial charge < -0.3 is 15.2 Å². The number of hydrogen-bond acceptors (Lipinski definition) is 3. The minimum absolute atomic E-state index is 0.109. The second kappa shape index (κ2) is 9.06. The number of nitrogens with one attached hydrogen (secondary N) is 2. The molecule has 1 fully saturated rings. The molecule has 1 aromatic heterocycles. The van der Waals surface area contributed by atoms with Gasteiger partial charge in [-0.15, -0.1) is 0 Å². The molecule has 1 atom stereocenters. The molecule has 2 aliphatic rings. The van der Waals surface area contributed by atoms with Gasteiger partial charge in [-0.3, -0.25) is 4.79 Å². The van der Waals surface area contributed by atoms with Gasteiger partial charge in [-0.05, 0) is 87.5 Å². The van der Waals surface area contributed by atoms with Gasteiger partial charge in [-0.1, -0.05) is 24.3 Å². The molecule has 0 bridgehead atoms. The van der Waals surface area contributed by atoms with E-state index in [2.05, 4.69) is 32.3 Å².